The van der Waals surface area contributed by atoms with Gasteiger partial charge < -0.3 is 14.3 Å². The van der Waals surface area contributed by atoms with Crippen molar-refractivity contribution >= 4 is 30.1 Å². The minimum atomic E-state index is -3.19. The fourth-order valence-corrected chi connectivity index (χ4v) is 8.95. The van der Waals surface area contributed by atoms with Crippen LogP contribution in [0.3, 0.4) is 0 Å². The smallest absolute Gasteiger partial charge is 0.128 e. The maximum absolute atomic E-state index is 12.7. The van der Waals surface area contributed by atoms with Gasteiger partial charge in [0.15, 0.2) is 0 Å². The Morgan fingerprint density at radius 1 is 0.417 bits per heavy atom. The molecule has 0 heterocycles. The Kier molecular flexibility index (Phi) is 13.7. The fourth-order valence-electron chi connectivity index (χ4n) is 8.63. The predicted molar refractivity (Wildman–Crippen MR) is 260 cm³/mol. The van der Waals surface area contributed by atoms with Gasteiger partial charge in [-0.25, -0.2) is 0 Å². The highest BCUT2D eigenvalue weighted by atomic mass is 31.2. The Hall–Kier alpha value is -3.23. The molecular weight excluding hydrogens is 752 g/mol. The monoisotopic (exact) mass is 829 g/mol. The predicted octanol–water partition coefficient (Wildman–Crippen LogP) is 15.8. The van der Waals surface area contributed by atoms with Crippen LogP contribution in [0.1, 0.15) is 197 Å². The van der Waals surface area contributed by atoms with Gasteiger partial charge in [0, 0.05) is 5.56 Å². The van der Waals surface area contributed by atoms with E-state index in [1.54, 1.807) is 0 Å². The molecule has 5 rings (SSSR count). The minimum absolute atomic E-state index is 0.00964. The number of fused-ring (bicyclic) bond motifs is 2. The van der Waals surface area contributed by atoms with E-state index in [0.29, 0.717) is 5.75 Å². The number of hydrogen-bond donors (Lipinski definition) is 0. The molecule has 5 aromatic rings. The first-order chi connectivity index (χ1) is 27.7. The maximum Gasteiger partial charge on any atom is 0.128 e. The van der Waals surface area contributed by atoms with Crippen molar-refractivity contribution in [1.29, 1.82) is 0 Å². The zero-order valence-corrected chi connectivity index (χ0v) is 41.7. The van der Waals surface area contributed by atoms with Crippen LogP contribution in [0.25, 0.3) is 43.8 Å². The summed E-state index contributed by atoms with van der Waals surface area (Å²) in [4.78, 5) is 25.4. The highest BCUT2D eigenvalue weighted by molar-refractivity contribution is 7.36. The van der Waals surface area contributed by atoms with Crippen LogP contribution in [-0.2, 0) is 32.5 Å². The summed E-state index contributed by atoms with van der Waals surface area (Å²) in [6, 6.07) is 25.5. The summed E-state index contributed by atoms with van der Waals surface area (Å²) in [7, 11) is -3.19. The molecule has 0 atom stereocenters. The number of rotatable bonds is 16. The van der Waals surface area contributed by atoms with Crippen LogP contribution in [0.15, 0.2) is 66.7 Å². The molecule has 5 aromatic carbocycles. The molecule has 3 nitrogen and oxygen atoms in total. The summed E-state index contributed by atoms with van der Waals surface area (Å²) < 4.78 is 5.93. The maximum atomic E-state index is 12.7. The van der Waals surface area contributed by atoms with Gasteiger partial charge in [-0.05, 0) is 173 Å². The van der Waals surface area contributed by atoms with Gasteiger partial charge >= 0.3 is 0 Å². The average molecular weight is 829 g/mol. The summed E-state index contributed by atoms with van der Waals surface area (Å²) in [6.07, 6.45) is 5.91. The summed E-state index contributed by atoms with van der Waals surface area (Å²) in [5.41, 5.74) is 11.3. The summed E-state index contributed by atoms with van der Waals surface area (Å²) in [5, 5.41) is 4.96. The summed E-state index contributed by atoms with van der Waals surface area (Å²) >= 11 is 0. The van der Waals surface area contributed by atoms with Gasteiger partial charge in [-0.2, -0.15) is 0 Å². The molecule has 0 N–H and O–H groups in total. The van der Waals surface area contributed by atoms with Gasteiger partial charge in [-0.1, -0.05) is 170 Å². The van der Waals surface area contributed by atoms with Crippen molar-refractivity contribution in [3.63, 3.8) is 0 Å². The lowest BCUT2D eigenvalue weighted by molar-refractivity contribution is -0.310. The molecule has 0 bridgehead atoms. The third-order valence-electron chi connectivity index (χ3n) is 15.7. The van der Waals surface area contributed by atoms with E-state index in [-0.39, 0.29) is 32.5 Å². The van der Waals surface area contributed by atoms with Crippen LogP contribution in [0.2, 0.25) is 0 Å². The Morgan fingerprint density at radius 2 is 0.783 bits per heavy atom. The summed E-state index contributed by atoms with van der Waals surface area (Å²) in [5.74, 6) is 0.366. The Morgan fingerprint density at radius 3 is 1.17 bits per heavy atom. The van der Waals surface area contributed by atoms with E-state index in [4.69, 9.17) is 4.52 Å². The largest absolute Gasteiger partial charge is 0.810 e. The molecule has 0 aliphatic carbocycles. The van der Waals surface area contributed by atoms with Crippen molar-refractivity contribution in [2.24, 2.45) is 0 Å². The van der Waals surface area contributed by atoms with Crippen LogP contribution >= 0.6 is 8.60 Å². The van der Waals surface area contributed by atoms with E-state index in [0.717, 1.165) is 60.8 Å². The molecule has 0 unspecified atom stereocenters. The van der Waals surface area contributed by atoms with Crippen LogP contribution in [0.5, 0.6) is 5.75 Å². The molecule has 0 fully saturated rings. The van der Waals surface area contributed by atoms with Crippen molar-refractivity contribution in [3.8, 4) is 28.0 Å². The lowest BCUT2D eigenvalue weighted by Gasteiger charge is -2.35. The molecule has 0 saturated heterocycles. The fraction of sp³-hybridized carbons (Fsp3) is 0.536. The van der Waals surface area contributed by atoms with Gasteiger partial charge in [0.05, 0.1) is 0 Å². The van der Waals surface area contributed by atoms with Crippen LogP contribution < -0.4 is 14.3 Å². The zero-order chi connectivity index (χ0) is 45.0. The molecule has 60 heavy (non-hydrogen) atoms. The van der Waals surface area contributed by atoms with Crippen molar-refractivity contribution < 1.29 is 14.3 Å². The number of hydrogen-bond acceptors (Lipinski definition) is 3. The second-order valence-corrected chi connectivity index (χ2v) is 22.3. The standard InChI is InChI=1S/C56H77O3P/c1-19-51(7,8)38-28-36-30-45(53(11,12)21-3)43(34-41(36)47(32-38)55(15,16)23-5)40-26-25-27-49(59-60(57)58)50(40)44-35-42-37(31-46(44)54(13,14)22-4)29-39(52(9,10)20-2)33-48(42)56(17,18)24-6/h25-35H,19-24H2,1-18H3/q-2. The van der Waals surface area contributed by atoms with Crippen LogP contribution in [-0.4, -0.2) is 0 Å². The van der Waals surface area contributed by atoms with E-state index in [2.05, 4.69) is 179 Å². The lowest BCUT2D eigenvalue weighted by Crippen LogP contribution is -2.22. The highest BCUT2D eigenvalue weighted by Gasteiger charge is 2.33. The Labute approximate surface area is 366 Å². The topological polar surface area (TPSA) is 55.3 Å². The van der Waals surface area contributed by atoms with Gasteiger partial charge in [0.25, 0.3) is 0 Å². The minimum Gasteiger partial charge on any atom is -0.810 e. The van der Waals surface area contributed by atoms with E-state index in [1.807, 2.05) is 12.1 Å². The molecule has 0 saturated carbocycles. The average Bonchev–Trinajstić information content (AvgIpc) is 3.21. The molecule has 4 heteroatoms. The molecule has 0 aromatic heterocycles. The van der Waals surface area contributed by atoms with Crippen LogP contribution in [0, 0.1) is 0 Å². The molecule has 326 valence electrons. The van der Waals surface area contributed by atoms with Crippen molar-refractivity contribution in [3.05, 3.63) is 100 Å². The molecular formula is C56H77O3P-2. The zero-order valence-electron chi connectivity index (χ0n) is 40.8. The van der Waals surface area contributed by atoms with E-state index in [1.165, 1.54) is 54.9 Å². The quantitative estimate of drug-likeness (QED) is 0.0931. The van der Waals surface area contributed by atoms with Crippen LogP contribution in [0.4, 0.5) is 0 Å². The van der Waals surface area contributed by atoms with Gasteiger partial charge in [-0.15, -0.1) is 0 Å². The van der Waals surface area contributed by atoms with E-state index in [9.17, 15) is 9.79 Å². The molecule has 0 aliphatic heterocycles. The molecule has 0 aliphatic rings. The van der Waals surface area contributed by atoms with Crippen molar-refractivity contribution in [2.45, 2.75) is 196 Å². The molecule has 0 radical (unpaired) electrons. The third-order valence-corrected chi connectivity index (χ3v) is 16.1. The van der Waals surface area contributed by atoms with Crippen molar-refractivity contribution in [2.75, 3.05) is 0 Å². The van der Waals surface area contributed by atoms with E-state index >= 15 is 0 Å². The van der Waals surface area contributed by atoms with Crippen molar-refractivity contribution in [1.82, 2.24) is 0 Å². The SMILES string of the molecule is CCC(C)(C)c1cc(C(C)(C)CC)c2cc(-c3cccc(OP([O-])[O-])c3-c3cc4c(C(C)(C)CC)cc(C(C)(C)CC)cc4cc3C(C)(C)CC)c(C(C)(C)CC)cc2c1. The second kappa shape index (κ2) is 17.1. The molecule has 0 spiro atoms. The lowest BCUT2D eigenvalue weighted by atomic mass is 9.70. The third kappa shape index (κ3) is 8.98. The first-order valence-electron chi connectivity index (χ1n) is 23.0. The van der Waals surface area contributed by atoms with Gasteiger partial charge in [-0.3, -0.25) is 0 Å². The molecule has 0 amide bonds. The normalized spacial score (nSPS) is 13.6. The van der Waals surface area contributed by atoms with E-state index < -0.39 is 8.60 Å². The Balaban J connectivity index is 2.08. The van der Waals surface area contributed by atoms with Gasteiger partial charge in [0.1, 0.15) is 5.75 Å². The highest BCUT2D eigenvalue weighted by Crippen LogP contribution is 2.52. The summed E-state index contributed by atoms with van der Waals surface area (Å²) in [6.45, 7) is 41.9. The first kappa shape index (κ1) is 47.8. The second-order valence-electron chi connectivity index (χ2n) is 21.7. The van der Waals surface area contributed by atoms with Gasteiger partial charge in [0.2, 0.25) is 0 Å². The first-order valence-corrected chi connectivity index (χ1v) is 24.1. The Bertz CT molecular complexity index is 2350. The number of benzene rings is 5.